The van der Waals surface area contributed by atoms with Gasteiger partial charge in [0.05, 0.1) is 24.2 Å². The molecule has 3 rings (SSSR count). The molecule has 1 amide bonds. The van der Waals surface area contributed by atoms with Gasteiger partial charge in [-0.1, -0.05) is 41.4 Å². The summed E-state index contributed by atoms with van der Waals surface area (Å²) in [6.07, 6.45) is 0. The fraction of sp³-hybridized carbons (Fsp3) is 0.350. The lowest BCUT2D eigenvalue weighted by Crippen LogP contribution is -2.43. The number of carbonyl (C=O) groups excluding carboxylic acids is 1. The van der Waals surface area contributed by atoms with Crippen LogP contribution in [0.1, 0.15) is 27.5 Å². The van der Waals surface area contributed by atoms with Gasteiger partial charge < -0.3 is 10.1 Å². The normalized spacial score (nSPS) is 15.8. The summed E-state index contributed by atoms with van der Waals surface area (Å²) in [4.78, 5) is 25.8. The first-order valence-corrected chi connectivity index (χ1v) is 9.43. The average molecular weight is 404 g/mol. The predicted molar refractivity (Wildman–Crippen MR) is 107 cm³/mol. The number of halogens is 1. The van der Waals surface area contributed by atoms with Gasteiger partial charge in [0.25, 0.3) is 11.6 Å². The van der Waals surface area contributed by atoms with Crippen LogP contribution in [0.15, 0.2) is 42.5 Å². The Balaban J connectivity index is 1.85. The molecule has 0 radical (unpaired) electrons. The fourth-order valence-electron chi connectivity index (χ4n) is 3.16. The van der Waals surface area contributed by atoms with Gasteiger partial charge in [0.2, 0.25) is 0 Å². The summed E-state index contributed by atoms with van der Waals surface area (Å²) < 4.78 is 5.39. The zero-order valence-corrected chi connectivity index (χ0v) is 16.3. The van der Waals surface area contributed by atoms with Crippen molar-refractivity contribution in [3.63, 3.8) is 0 Å². The van der Waals surface area contributed by atoms with Crippen LogP contribution in [0.4, 0.5) is 5.69 Å². The molecule has 0 saturated carbocycles. The van der Waals surface area contributed by atoms with Crippen molar-refractivity contribution >= 4 is 23.2 Å². The SMILES string of the molecule is Cc1ccc([C@H](CN2CCOCC2)NC(=O)c2ccc(Cl)cc2[N+](=O)[O-])cc1. The van der Waals surface area contributed by atoms with Gasteiger partial charge in [-0.25, -0.2) is 0 Å². The van der Waals surface area contributed by atoms with Crippen LogP contribution in [-0.2, 0) is 4.74 Å². The summed E-state index contributed by atoms with van der Waals surface area (Å²) in [6, 6.07) is 11.7. The van der Waals surface area contributed by atoms with Crippen molar-refractivity contribution in [2.45, 2.75) is 13.0 Å². The van der Waals surface area contributed by atoms with E-state index in [1.165, 1.54) is 18.2 Å². The molecule has 1 saturated heterocycles. The lowest BCUT2D eigenvalue weighted by Gasteiger charge is -2.31. The largest absolute Gasteiger partial charge is 0.379 e. The monoisotopic (exact) mass is 403 g/mol. The number of morpholine rings is 1. The van der Waals surface area contributed by atoms with Crippen molar-refractivity contribution in [1.29, 1.82) is 0 Å². The molecular formula is C20H22ClN3O4. The molecular weight excluding hydrogens is 382 g/mol. The number of hydrogen-bond donors (Lipinski definition) is 1. The maximum absolute atomic E-state index is 12.9. The van der Waals surface area contributed by atoms with Gasteiger partial charge in [-0.3, -0.25) is 19.8 Å². The first-order chi connectivity index (χ1) is 13.4. The van der Waals surface area contributed by atoms with E-state index < -0.39 is 10.8 Å². The molecule has 1 aliphatic rings. The number of aryl methyl sites for hydroxylation is 1. The average Bonchev–Trinajstić information content (AvgIpc) is 2.68. The zero-order valence-electron chi connectivity index (χ0n) is 15.6. The molecule has 0 unspecified atom stereocenters. The Kier molecular flexibility index (Phi) is 6.61. The molecule has 7 nitrogen and oxygen atoms in total. The summed E-state index contributed by atoms with van der Waals surface area (Å²) in [7, 11) is 0. The number of nitrogens with zero attached hydrogens (tertiary/aromatic N) is 2. The van der Waals surface area contributed by atoms with Crippen LogP contribution in [-0.4, -0.2) is 48.6 Å². The molecule has 2 aromatic rings. The number of carbonyl (C=O) groups is 1. The first kappa shape index (κ1) is 20.3. The first-order valence-electron chi connectivity index (χ1n) is 9.05. The smallest absolute Gasteiger partial charge is 0.283 e. The van der Waals surface area contributed by atoms with E-state index in [1.54, 1.807) is 0 Å². The minimum Gasteiger partial charge on any atom is -0.379 e. The van der Waals surface area contributed by atoms with Gasteiger partial charge in [0.1, 0.15) is 5.56 Å². The number of ether oxygens (including phenoxy) is 1. The van der Waals surface area contributed by atoms with Gasteiger partial charge in [0.15, 0.2) is 0 Å². The van der Waals surface area contributed by atoms with Crippen molar-refractivity contribution in [3.05, 3.63) is 74.3 Å². The van der Waals surface area contributed by atoms with Crippen LogP contribution in [0.25, 0.3) is 0 Å². The van der Waals surface area contributed by atoms with Gasteiger partial charge in [-0.05, 0) is 24.6 Å². The second-order valence-corrected chi connectivity index (χ2v) is 7.20. The summed E-state index contributed by atoms with van der Waals surface area (Å²) in [6.45, 7) is 5.45. The Bertz CT molecular complexity index is 851. The molecule has 148 valence electrons. The number of hydrogen-bond acceptors (Lipinski definition) is 5. The highest BCUT2D eigenvalue weighted by molar-refractivity contribution is 6.31. The maximum Gasteiger partial charge on any atom is 0.283 e. The van der Waals surface area contributed by atoms with Gasteiger partial charge >= 0.3 is 0 Å². The molecule has 8 heteroatoms. The number of nitro benzene ring substituents is 1. The maximum atomic E-state index is 12.9. The van der Waals surface area contributed by atoms with Crippen molar-refractivity contribution < 1.29 is 14.5 Å². The minimum atomic E-state index is -0.594. The van der Waals surface area contributed by atoms with Crippen molar-refractivity contribution in [2.24, 2.45) is 0 Å². The molecule has 0 spiro atoms. The highest BCUT2D eigenvalue weighted by atomic mass is 35.5. The fourth-order valence-corrected chi connectivity index (χ4v) is 3.33. The van der Waals surface area contributed by atoms with E-state index in [0.717, 1.165) is 24.2 Å². The Morgan fingerprint density at radius 3 is 2.57 bits per heavy atom. The van der Waals surface area contributed by atoms with E-state index in [1.807, 2.05) is 31.2 Å². The third kappa shape index (κ3) is 5.07. The standard InChI is InChI=1S/C20H22ClN3O4/c1-14-2-4-15(5-3-14)18(13-23-8-10-28-11-9-23)22-20(25)17-7-6-16(21)12-19(17)24(26)27/h2-7,12,18H,8-11,13H2,1H3,(H,22,25)/t18-/m0/s1. The minimum absolute atomic E-state index is 0.00603. The Hall–Kier alpha value is -2.48. The lowest BCUT2D eigenvalue weighted by atomic mass is 10.0. The number of amides is 1. The molecule has 1 aliphatic heterocycles. The van der Waals surface area contributed by atoms with Gasteiger partial charge in [-0.2, -0.15) is 0 Å². The van der Waals surface area contributed by atoms with E-state index >= 15 is 0 Å². The van der Waals surface area contributed by atoms with E-state index in [2.05, 4.69) is 10.2 Å². The van der Waals surface area contributed by atoms with Crippen molar-refractivity contribution in [1.82, 2.24) is 10.2 Å². The summed E-state index contributed by atoms with van der Waals surface area (Å²) in [5.74, 6) is -0.498. The van der Waals surface area contributed by atoms with Gasteiger partial charge in [-0.15, -0.1) is 0 Å². The molecule has 2 aromatic carbocycles. The van der Waals surface area contributed by atoms with Crippen LogP contribution in [0.3, 0.4) is 0 Å². The molecule has 1 N–H and O–H groups in total. The molecule has 0 aliphatic carbocycles. The molecule has 0 aromatic heterocycles. The Morgan fingerprint density at radius 2 is 1.93 bits per heavy atom. The van der Waals surface area contributed by atoms with E-state index in [4.69, 9.17) is 16.3 Å². The van der Waals surface area contributed by atoms with Gasteiger partial charge in [0, 0.05) is 30.7 Å². The highest BCUT2D eigenvalue weighted by Gasteiger charge is 2.25. The summed E-state index contributed by atoms with van der Waals surface area (Å²) in [5.41, 5.74) is 1.75. The van der Waals surface area contributed by atoms with Crippen molar-refractivity contribution in [2.75, 3.05) is 32.8 Å². The third-order valence-corrected chi connectivity index (χ3v) is 4.97. The van der Waals surface area contributed by atoms with Crippen LogP contribution >= 0.6 is 11.6 Å². The van der Waals surface area contributed by atoms with Crippen LogP contribution in [0, 0.1) is 17.0 Å². The van der Waals surface area contributed by atoms with Crippen molar-refractivity contribution in [3.8, 4) is 0 Å². The Labute approximate surface area is 168 Å². The molecule has 1 heterocycles. The number of rotatable bonds is 6. The van der Waals surface area contributed by atoms with E-state index in [9.17, 15) is 14.9 Å². The van der Waals surface area contributed by atoms with E-state index in [0.29, 0.717) is 19.8 Å². The third-order valence-electron chi connectivity index (χ3n) is 4.73. The summed E-state index contributed by atoms with van der Waals surface area (Å²) >= 11 is 5.86. The van der Waals surface area contributed by atoms with Crippen LogP contribution < -0.4 is 5.32 Å². The van der Waals surface area contributed by atoms with E-state index in [-0.39, 0.29) is 22.3 Å². The van der Waals surface area contributed by atoms with Crippen LogP contribution in [0.5, 0.6) is 0 Å². The zero-order chi connectivity index (χ0) is 20.1. The molecule has 0 bridgehead atoms. The second-order valence-electron chi connectivity index (χ2n) is 6.77. The number of benzene rings is 2. The Morgan fingerprint density at radius 1 is 1.25 bits per heavy atom. The predicted octanol–water partition coefficient (Wildman–Crippen LogP) is 3.36. The quantitative estimate of drug-likeness (QED) is 0.590. The highest BCUT2D eigenvalue weighted by Crippen LogP contribution is 2.24. The lowest BCUT2D eigenvalue weighted by molar-refractivity contribution is -0.385. The summed E-state index contributed by atoms with van der Waals surface area (Å²) in [5, 5.41) is 14.5. The topological polar surface area (TPSA) is 84.7 Å². The molecule has 28 heavy (non-hydrogen) atoms. The molecule has 1 fully saturated rings. The number of nitrogens with one attached hydrogen (secondary N) is 1. The second kappa shape index (κ2) is 9.14. The number of nitro groups is 1. The molecule has 1 atom stereocenters. The van der Waals surface area contributed by atoms with Crippen LogP contribution in [0.2, 0.25) is 5.02 Å².